The number of nitrogens with zero attached hydrogens (tertiary/aromatic N) is 1. The van der Waals surface area contributed by atoms with Gasteiger partial charge in [0.1, 0.15) is 18.1 Å². The highest BCUT2D eigenvalue weighted by molar-refractivity contribution is 7.89. The standard InChI is InChI=1S/C24H28F2N2O4S/c1-2-33(30,31)27-23-19(25)15-28(24(29)21-12-7-13-32-21)20(23)14-17-10-6-11-18(22(17)26)16-8-4-3-5-9-16/h3-6,8-11,19-21,23,27H,2,7,12-15H2,1H3/t19-,20-,21+,23-/m0/s1. The quantitative estimate of drug-likeness (QED) is 0.664. The van der Waals surface area contributed by atoms with Gasteiger partial charge in [-0.1, -0.05) is 48.5 Å². The molecule has 0 radical (unpaired) electrons. The average molecular weight is 479 g/mol. The first-order valence-electron chi connectivity index (χ1n) is 11.2. The van der Waals surface area contributed by atoms with Gasteiger partial charge in [0.25, 0.3) is 5.91 Å². The van der Waals surface area contributed by atoms with Crippen LogP contribution in [0.3, 0.4) is 0 Å². The van der Waals surface area contributed by atoms with E-state index in [2.05, 4.69) is 4.72 Å². The summed E-state index contributed by atoms with van der Waals surface area (Å²) in [6.45, 7) is 1.64. The van der Waals surface area contributed by atoms with Crippen LogP contribution in [0.15, 0.2) is 48.5 Å². The van der Waals surface area contributed by atoms with Crippen molar-refractivity contribution in [2.75, 3.05) is 18.9 Å². The number of amides is 1. The highest BCUT2D eigenvalue weighted by Crippen LogP contribution is 2.31. The van der Waals surface area contributed by atoms with Crippen LogP contribution in [-0.4, -0.2) is 62.5 Å². The molecule has 0 aromatic heterocycles. The zero-order valence-corrected chi connectivity index (χ0v) is 19.2. The summed E-state index contributed by atoms with van der Waals surface area (Å²) in [7, 11) is -3.74. The van der Waals surface area contributed by atoms with Crippen molar-refractivity contribution in [1.82, 2.24) is 9.62 Å². The van der Waals surface area contributed by atoms with E-state index in [4.69, 9.17) is 4.74 Å². The lowest BCUT2D eigenvalue weighted by Gasteiger charge is -2.30. The number of hydrogen-bond donors (Lipinski definition) is 1. The third kappa shape index (κ3) is 5.10. The van der Waals surface area contributed by atoms with Crippen molar-refractivity contribution in [2.45, 2.75) is 50.5 Å². The van der Waals surface area contributed by atoms with E-state index >= 15 is 8.78 Å². The van der Waals surface area contributed by atoms with Gasteiger partial charge in [-0.3, -0.25) is 4.79 Å². The molecular formula is C24H28F2N2O4S. The second-order valence-electron chi connectivity index (χ2n) is 8.47. The topological polar surface area (TPSA) is 75.7 Å². The van der Waals surface area contributed by atoms with Crippen LogP contribution in [0.4, 0.5) is 8.78 Å². The summed E-state index contributed by atoms with van der Waals surface area (Å²) in [5.41, 5.74) is 1.38. The zero-order valence-electron chi connectivity index (χ0n) is 18.4. The van der Waals surface area contributed by atoms with Crippen LogP contribution in [0, 0.1) is 5.82 Å². The van der Waals surface area contributed by atoms with Crippen molar-refractivity contribution in [2.24, 2.45) is 0 Å². The number of benzene rings is 2. The van der Waals surface area contributed by atoms with Crippen LogP contribution in [0.2, 0.25) is 0 Å². The van der Waals surface area contributed by atoms with Crippen molar-refractivity contribution in [3.05, 3.63) is 59.9 Å². The SMILES string of the molecule is CCS(=O)(=O)N[C@H]1[C@@H](F)CN(C(=O)[C@H]2CCCO2)[C@H]1Cc1cccc(-c2ccccc2)c1F. The summed E-state index contributed by atoms with van der Waals surface area (Å²) in [4.78, 5) is 14.4. The van der Waals surface area contributed by atoms with E-state index in [0.29, 0.717) is 29.7 Å². The van der Waals surface area contributed by atoms with Gasteiger partial charge in [-0.2, -0.15) is 0 Å². The molecule has 2 aromatic rings. The summed E-state index contributed by atoms with van der Waals surface area (Å²) in [6.07, 6.45) is -1.05. The Bertz CT molecular complexity index is 1090. The van der Waals surface area contributed by atoms with Crippen LogP contribution >= 0.6 is 0 Å². The number of likely N-dealkylation sites (tertiary alicyclic amines) is 1. The molecule has 4 rings (SSSR count). The number of nitrogens with one attached hydrogen (secondary N) is 1. The Balaban J connectivity index is 1.68. The van der Waals surface area contributed by atoms with Gasteiger partial charge in [0.05, 0.1) is 24.4 Å². The van der Waals surface area contributed by atoms with Crippen LogP contribution in [0.25, 0.3) is 11.1 Å². The van der Waals surface area contributed by atoms with Crippen LogP contribution < -0.4 is 4.72 Å². The van der Waals surface area contributed by atoms with Gasteiger partial charge in [-0.05, 0) is 37.3 Å². The molecule has 2 aliphatic heterocycles. The van der Waals surface area contributed by atoms with Gasteiger partial charge in [-0.25, -0.2) is 21.9 Å². The normalized spacial score (nSPS) is 25.5. The molecule has 9 heteroatoms. The molecule has 0 bridgehead atoms. The maximum atomic E-state index is 15.5. The van der Waals surface area contributed by atoms with Crippen molar-refractivity contribution in [3.8, 4) is 11.1 Å². The van der Waals surface area contributed by atoms with E-state index in [-0.39, 0.29) is 24.6 Å². The van der Waals surface area contributed by atoms with E-state index in [1.165, 1.54) is 11.8 Å². The summed E-state index contributed by atoms with van der Waals surface area (Å²) in [5, 5.41) is 0. The summed E-state index contributed by atoms with van der Waals surface area (Å²) in [5.74, 6) is -1.06. The van der Waals surface area contributed by atoms with Crippen molar-refractivity contribution >= 4 is 15.9 Å². The molecule has 0 saturated carbocycles. The van der Waals surface area contributed by atoms with Crippen molar-refractivity contribution < 1.29 is 26.7 Å². The highest BCUT2D eigenvalue weighted by Gasteiger charge is 2.47. The first-order valence-corrected chi connectivity index (χ1v) is 12.8. The van der Waals surface area contributed by atoms with E-state index in [9.17, 15) is 13.2 Å². The summed E-state index contributed by atoms with van der Waals surface area (Å²) < 4.78 is 63.0. The smallest absolute Gasteiger partial charge is 0.252 e. The number of carbonyl (C=O) groups is 1. The number of hydrogen-bond acceptors (Lipinski definition) is 4. The predicted octanol–water partition coefficient (Wildman–Crippen LogP) is 3.07. The minimum Gasteiger partial charge on any atom is -0.368 e. The molecule has 4 atom stereocenters. The summed E-state index contributed by atoms with van der Waals surface area (Å²) in [6, 6.07) is 12.0. The van der Waals surface area contributed by atoms with Gasteiger partial charge in [-0.15, -0.1) is 0 Å². The van der Waals surface area contributed by atoms with Crippen LogP contribution in [0.5, 0.6) is 0 Å². The van der Waals surface area contributed by atoms with Crippen molar-refractivity contribution in [1.29, 1.82) is 0 Å². The second kappa shape index (κ2) is 9.87. The second-order valence-corrected chi connectivity index (χ2v) is 10.5. The molecule has 178 valence electrons. The molecule has 33 heavy (non-hydrogen) atoms. The molecule has 2 heterocycles. The Kier molecular flexibility index (Phi) is 7.11. The van der Waals surface area contributed by atoms with Crippen LogP contribution in [-0.2, 0) is 26.0 Å². The maximum absolute atomic E-state index is 15.5. The largest absolute Gasteiger partial charge is 0.368 e. The molecule has 0 unspecified atom stereocenters. The predicted molar refractivity (Wildman–Crippen MR) is 121 cm³/mol. The van der Waals surface area contributed by atoms with Gasteiger partial charge in [0.15, 0.2) is 0 Å². The highest BCUT2D eigenvalue weighted by atomic mass is 32.2. The first-order chi connectivity index (χ1) is 15.8. The third-order valence-electron chi connectivity index (χ3n) is 6.35. The fraction of sp³-hybridized carbons (Fsp3) is 0.458. The number of rotatable bonds is 7. The first kappa shape index (κ1) is 23.8. The van der Waals surface area contributed by atoms with Gasteiger partial charge < -0.3 is 9.64 Å². The van der Waals surface area contributed by atoms with E-state index in [1.807, 2.05) is 18.2 Å². The van der Waals surface area contributed by atoms with Gasteiger partial charge >= 0.3 is 0 Å². The molecule has 0 aliphatic carbocycles. The molecule has 6 nitrogen and oxygen atoms in total. The van der Waals surface area contributed by atoms with E-state index in [1.54, 1.807) is 30.3 Å². The van der Waals surface area contributed by atoms with Crippen LogP contribution in [0.1, 0.15) is 25.3 Å². The van der Waals surface area contributed by atoms with Gasteiger partial charge in [0.2, 0.25) is 10.0 Å². The average Bonchev–Trinajstić information content (AvgIpc) is 3.45. The molecule has 2 fully saturated rings. The lowest BCUT2D eigenvalue weighted by Crippen LogP contribution is -2.51. The van der Waals surface area contributed by atoms with E-state index in [0.717, 1.165) is 6.42 Å². The minimum absolute atomic E-state index is 0.0255. The number of sulfonamides is 1. The molecule has 1 N–H and O–H groups in total. The Hall–Kier alpha value is -2.36. The fourth-order valence-electron chi connectivity index (χ4n) is 4.57. The summed E-state index contributed by atoms with van der Waals surface area (Å²) >= 11 is 0. The third-order valence-corrected chi connectivity index (χ3v) is 7.74. The molecule has 1 amide bonds. The number of carbonyl (C=O) groups excluding carboxylic acids is 1. The molecule has 2 saturated heterocycles. The Morgan fingerprint density at radius 1 is 1.18 bits per heavy atom. The Morgan fingerprint density at radius 2 is 1.94 bits per heavy atom. The van der Waals surface area contributed by atoms with Gasteiger partial charge in [0, 0.05) is 12.2 Å². The molecule has 0 spiro atoms. The molecular weight excluding hydrogens is 450 g/mol. The maximum Gasteiger partial charge on any atom is 0.252 e. The molecule has 2 aliphatic rings. The fourth-order valence-corrected chi connectivity index (χ4v) is 5.45. The Morgan fingerprint density at radius 3 is 2.61 bits per heavy atom. The monoisotopic (exact) mass is 478 g/mol. The Labute approximate surface area is 193 Å². The number of halogens is 2. The van der Waals surface area contributed by atoms with E-state index < -0.39 is 40.2 Å². The lowest BCUT2D eigenvalue weighted by atomic mass is 9.95. The number of alkyl halides is 1. The lowest BCUT2D eigenvalue weighted by molar-refractivity contribution is -0.142. The van der Waals surface area contributed by atoms with Crippen molar-refractivity contribution in [3.63, 3.8) is 0 Å². The molecule has 2 aromatic carbocycles. The number of ether oxygens (including phenoxy) is 1. The zero-order chi connectivity index (χ0) is 23.6. The minimum atomic E-state index is -3.74.